The summed E-state index contributed by atoms with van der Waals surface area (Å²) in [6.07, 6.45) is 2.75. The SMILES string of the molecule is C=CCCNCCN1C(=O)N2[C@H](c3cccc(O)c3)c3[nH]c4ccc(OC(F)F)cc4c3C[C@@]2(C)C1=O. The second kappa shape index (κ2) is 9.51. The molecule has 0 unspecified atom stereocenters. The van der Waals surface area contributed by atoms with E-state index >= 15 is 0 Å². The third-order valence-corrected chi connectivity index (χ3v) is 7.09. The number of carbonyl (C=O) groups excluding carboxylic acids is 2. The standard InChI is InChI=1S/C27H28F2N4O4/c1-3-4-10-30-11-12-32-24(35)27(2)15-20-19-14-18(37-25(28)29)8-9-21(19)31-22(20)23(33(27)26(32)36)16-6-5-7-17(34)13-16/h3,5-9,13-14,23,25,30-31,34H,1,4,10-12,15H2,2H3/t23-,27+/m1/s1. The van der Waals surface area contributed by atoms with Crippen LogP contribution in [0, 0.1) is 0 Å². The molecule has 10 heteroatoms. The predicted octanol–water partition coefficient (Wildman–Crippen LogP) is 4.31. The molecule has 0 bridgehead atoms. The molecule has 3 amide bonds. The molecule has 2 aliphatic heterocycles. The van der Waals surface area contributed by atoms with Gasteiger partial charge in [0.2, 0.25) is 0 Å². The van der Waals surface area contributed by atoms with Gasteiger partial charge in [-0.05, 0) is 61.3 Å². The van der Waals surface area contributed by atoms with Gasteiger partial charge >= 0.3 is 12.6 Å². The smallest absolute Gasteiger partial charge is 0.387 e. The summed E-state index contributed by atoms with van der Waals surface area (Å²) in [6, 6.07) is 10.0. The number of H-pyrrole nitrogens is 1. The summed E-state index contributed by atoms with van der Waals surface area (Å²) in [5.74, 6) is -0.295. The Morgan fingerprint density at radius 2 is 2.08 bits per heavy atom. The number of carbonyl (C=O) groups is 2. The number of halogens is 2. The fraction of sp³-hybridized carbons (Fsp3) is 0.333. The zero-order chi connectivity index (χ0) is 26.3. The molecule has 3 N–H and O–H groups in total. The number of hydrogen-bond donors (Lipinski definition) is 3. The lowest BCUT2D eigenvalue weighted by atomic mass is 9.81. The highest BCUT2D eigenvalue weighted by Gasteiger charge is 2.60. The molecule has 0 spiro atoms. The van der Waals surface area contributed by atoms with Crippen molar-refractivity contribution in [2.75, 3.05) is 19.6 Å². The highest BCUT2D eigenvalue weighted by molar-refractivity contribution is 6.08. The van der Waals surface area contributed by atoms with E-state index in [2.05, 4.69) is 21.6 Å². The molecule has 2 aromatic carbocycles. The van der Waals surface area contributed by atoms with Gasteiger partial charge in [0, 0.05) is 36.1 Å². The average Bonchev–Trinajstić information content (AvgIpc) is 3.29. The Balaban J connectivity index is 1.60. The summed E-state index contributed by atoms with van der Waals surface area (Å²) in [5, 5.41) is 14.1. The van der Waals surface area contributed by atoms with Gasteiger partial charge in [-0.2, -0.15) is 8.78 Å². The number of hydrogen-bond acceptors (Lipinski definition) is 5. The number of phenolic OH excluding ortho intramolecular Hbond substituents is 1. The number of rotatable bonds is 9. The Hall–Kier alpha value is -3.92. The molecule has 3 aromatic rings. The number of urea groups is 1. The summed E-state index contributed by atoms with van der Waals surface area (Å²) >= 11 is 0. The topological polar surface area (TPSA) is 97.9 Å². The molecule has 8 nitrogen and oxygen atoms in total. The van der Waals surface area contributed by atoms with E-state index in [1.165, 1.54) is 23.1 Å². The van der Waals surface area contributed by atoms with Gasteiger partial charge in [0.15, 0.2) is 0 Å². The highest BCUT2D eigenvalue weighted by Crippen LogP contribution is 2.49. The van der Waals surface area contributed by atoms with Gasteiger partial charge in [-0.15, -0.1) is 6.58 Å². The second-order valence-corrected chi connectivity index (χ2v) is 9.49. The minimum Gasteiger partial charge on any atom is -0.508 e. The Morgan fingerprint density at radius 3 is 2.81 bits per heavy atom. The van der Waals surface area contributed by atoms with Crippen molar-refractivity contribution in [2.24, 2.45) is 0 Å². The Labute approximate surface area is 212 Å². The lowest BCUT2D eigenvalue weighted by molar-refractivity contribution is -0.133. The number of imide groups is 1. The zero-order valence-electron chi connectivity index (χ0n) is 20.3. The van der Waals surface area contributed by atoms with E-state index in [1.54, 1.807) is 42.2 Å². The molecule has 3 heterocycles. The minimum atomic E-state index is -2.97. The molecule has 1 aromatic heterocycles. The van der Waals surface area contributed by atoms with Crippen molar-refractivity contribution in [1.82, 2.24) is 20.1 Å². The largest absolute Gasteiger partial charge is 0.508 e. The number of benzene rings is 2. The quantitative estimate of drug-likeness (QED) is 0.226. The first-order valence-electron chi connectivity index (χ1n) is 12.1. The van der Waals surface area contributed by atoms with E-state index < -0.39 is 24.2 Å². The first-order valence-corrected chi connectivity index (χ1v) is 12.1. The van der Waals surface area contributed by atoms with Crippen LogP contribution in [0.15, 0.2) is 55.1 Å². The number of phenols is 1. The number of aromatic hydroxyl groups is 1. The van der Waals surface area contributed by atoms with Crippen molar-refractivity contribution in [1.29, 1.82) is 0 Å². The Morgan fingerprint density at radius 1 is 1.27 bits per heavy atom. The van der Waals surface area contributed by atoms with Gasteiger partial charge in [0.25, 0.3) is 5.91 Å². The predicted molar refractivity (Wildman–Crippen MR) is 134 cm³/mol. The minimum absolute atomic E-state index is 0.00633. The molecule has 1 saturated heterocycles. The van der Waals surface area contributed by atoms with Crippen LogP contribution < -0.4 is 10.1 Å². The van der Waals surface area contributed by atoms with E-state index in [0.29, 0.717) is 35.2 Å². The summed E-state index contributed by atoms with van der Waals surface area (Å²) in [5.41, 5.74) is 1.49. The van der Waals surface area contributed by atoms with E-state index in [1.807, 2.05) is 0 Å². The van der Waals surface area contributed by atoms with Crippen LogP contribution in [0.1, 0.15) is 36.2 Å². The monoisotopic (exact) mass is 510 g/mol. The first kappa shape index (κ1) is 24.8. The number of nitrogens with zero attached hydrogens (tertiary/aromatic N) is 2. The normalized spacial score (nSPS) is 21.0. The Kier molecular flexibility index (Phi) is 6.36. The number of alkyl halides is 2. The van der Waals surface area contributed by atoms with E-state index in [4.69, 9.17) is 0 Å². The van der Waals surface area contributed by atoms with Crippen molar-refractivity contribution in [3.63, 3.8) is 0 Å². The van der Waals surface area contributed by atoms with Gasteiger partial charge in [-0.3, -0.25) is 14.6 Å². The molecule has 2 aliphatic rings. The molecular formula is C27H28F2N4O4. The van der Waals surface area contributed by atoms with Crippen molar-refractivity contribution in [3.8, 4) is 11.5 Å². The maximum Gasteiger partial charge on any atom is 0.387 e. The van der Waals surface area contributed by atoms with E-state index in [9.17, 15) is 23.5 Å². The van der Waals surface area contributed by atoms with Crippen LogP contribution in [0.3, 0.4) is 0 Å². The fourth-order valence-electron chi connectivity index (χ4n) is 5.43. The molecule has 1 fully saturated rings. The molecule has 0 saturated carbocycles. The third kappa shape index (κ3) is 4.21. The fourth-order valence-corrected chi connectivity index (χ4v) is 5.43. The van der Waals surface area contributed by atoms with Crippen molar-refractivity contribution in [2.45, 2.75) is 38.0 Å². The number of nitrogens with one attached hydrogen (secondary N) is 2. The van der Waals surface area contributed by atoms with E-state index in [-0.39, 0.29) is 30.4 Å². The zero-order valence-corrected chi connectivity index (χ0v) is 20.3. The lowest BCUT2D eigenvalue weighted by Crippen LogP contribution is -2.53. The number of ether oxygens (including phenoxy) is 1. The molecule has 0 aliphatic carbocycles. The van der Waals surface area contributed by atoms with Crippen LogP contribution in [-0.4, -0.2) is 63.6 Å². The van der Waals surface area contributed by atoms with Gasteiger partial charge < -0.3 is 20.1 Å². The maximum absolute atomic E-state index is 13.8. The van der Waals surface area contributed by atoms with Crippen LogP contribution in [0.25, 0.3) is 10.9 Å². The number of amides is 3. The van der Waals surface area contributed by atoms with Crippen molar-refractivity contribution < 1.29 is 28.2 Å². The molecule has 5 rings (SSSR count). The average molecular weight is 511 g/mol. The van der Waals surface area contributed by atoms with Gasteiger partial charge in [0.1, 0.15) is 23.1 Å². The number of aromatic nitrogens is 1. The summed E-state index contributed by atoms with van der Waals surface area (Å²) in [7, 11) is 0. The van der Waals surface area contributed by atoms with Crippen LogP contribution in [0.5, 0.6) is 11.5 Å². The highest BCUT2D eigenvalue weighted by atomic mass is 19.3. The molecule has 0 radical (unpaired) electrons. The van der Waals surface area contributed by atoms with Gasteiger partial charge in [0.05, 0.1) is 0 Å². The summed E-state index contributed by atoms with van der Waals surface area (Å²) in [6.45, 7) is 3.78. The van der Waals surface area contributed by atoms with Crippen LogP contribution in [0.2, 0.25) is 0 Å². The first-order chi connectivity index (χ1) is 17.7. The van der Waals surface area contributed by atoms with Crippen LogP contribution in [-0.2, 0) is 11.2 Å². The Bertz CT molecular complexity index is 1370. The number of aromatic amines is 1. The lowest BCUT2D eigenvalue weighted by Gasteiger charge is -2.42. The third-order valence-electron chi connectivity index (χ3n) is 7.09. The molecule has 2 atom stereocenters. The van der Waals surface area contributed by atoms with Crippen molar-refractivity contribution >= 4 is 22.8 Å². The molecular weight excluding hydrogens is 482 g/mol. The molecule has 194 valence electrons. The van der Waals surface area contributed by atoms with Crippen LogP contribution in [0.4, 0.5) is 13.6 Å². The summed E-state index contributed by atoms with van der Waals surface area (Å²) < 4.78 is 30.4. The van der Waals surface area contributed by atoms with Gasteiger partial charge in [-0.25, -0.2) is 4.79 Å². The van der Waals surface area contributed by atoms with E-state index in [0.717, 1.165) is 12.0 Å². The van der Waals surface area contributed by atoms with Crippen LogP contribution >= 0.6 is 0 Å². The summed E-state index contributed by atoms with van der Waals surface area (Å²) in [4.78, 5) is 33.7. The van der Waals surface area contributed by atoms with Crippen molar-refractivity contribution in [3.05, 3.63) is 71.9 Å². The molecule has 37 heavy (non-hydrogen) atoms. The van der Waals surface area contributed by atoms with Gasteiger partial charge in [-0.1, -0.05) is 18.2 Å². The maximum atomic E-state index is 13.8. The number of fused-ring (bicyclic) bond motifs is 4. The second-order valence-electron chi connectivity index (χ2n) is 9.49.